The number of para-hydroxylation sites is 1. The van der Waals surface area contributed by atoms with Crippen molar-refractivity contribution in [2.24, 2.45) is 0 Å². The Balaban J connectivity index is 1.38. The minimum absolute atomic E-state index is 0.0259. The lowest BCUT2D eigenvalue weighted by atomic mass is 10.0. The number of rotatable bonds is 7. The van der Waals surface area contributed by atoms with Crippen molar-refractivity contribution in [3.63, 3.8) is 0 Å². The average Bonchev–Trinajstić information content (AvgIpc) is 3.05. The number of nitrogens with zero attached hydrogens (tertiary/aromatic N) is 4. The second-order valence-corrected chi connectivity index (χ2v) is 9.90. The highest BCUT2D eigenvalue weighted by molar-refractivity contribution is 7.99. The van der Waals surface area contributed by atoms with E-state index in [-0.39, 0.29) is 23.1 Å². The number of carbonyl (C=O) groups is 1. The van der Waals surface area contributed by atoms with Crippen LogP contribution in [0.2, 0.25) is 0 Å². The molecule has 3 heterocycles. The first kappa shape index (κ1) is 23.4. The molecule has 1 N–H and O–H groups in total. The molecule has 0 radical (unpaired) electrons. The molecule has 8 heteroatoms. The standard InChI is InChI=1S/C27H29N5O2S/c1-19(20-11-5-2-6-12-20)17-28-23(33)18-35-27-29-25-24(22-15-9-4-10-16-31(22)27)26(34)32(30-25)21-13-7-3-8-14-21/h2-3,5-8,11-14,19H,4,9-10,15-18H2,1H3,(H,28,33). The fourth-order valence-corrected chi connectivity index (χ4v) is 5.43. The van der Waals surface area contributed by atoms with Crippen LogP contribution in [-0.2, 0) is 17.8 Å². The summed E-state index contributed by atoms with van der Waals surface area (Å²) >= 11 is 1.41. The van der Waals surface area contributed by atoms with E-state index in [1.807, 2.05) is 48.5 Å². The van der Waals surface area contributed by atoms with E-state index in [2.05, 4.69) is 34.0 Å². The van der Waals surface area contributed by atoms with E-state index < -0.39 is 0 Å². The van der Waals surface area contributed by atoms with Crippen LogP contribution in [0.25, 0.3) is 17.1 Å². The van der Waals surface area contributed by atoms with Crippen LogP contribution in [0.3, 0.4) is 0 Å². The van der Waals surface area contributed by atoms with Crippen molar-refractivity contribution in [1.82, 2.24) is 24.6 Å². The Morgan fingerprint density at radius 3 is 2.57 bits per heavy atom. The van der Waals surface area contributed by atoms with Gasteiger partial charge in [-0.15, -0.1) is 5.10 Å². The number of aromatic nitrogens is 4. The van der Waals surface area contributed by atoms with E-state index in [1.165, 1.54) is 22.0 Å². The first-order valence-electron chi connectivity index (χ1n) is 12.1. The number of carbonyl (C=O) groups excluding carboxylic acids is 1. The van der Waals surface area contributed by atoms with Gasteiger partial charge in [0.15, 0.2) is 11.0 Å². The third-order valence-electron chi connectivity index (χ3n) is 6.47. The predicted octanol–water partition coefficient (Wildman–Crippen LogP) is 4.27. The van der Waals surface area contributed by atoms with Gasteiger partial charge in [0.1, 0.15) is 5.56 Å². The van der Waals surface area contributed by atoms with E-state index in [1.54, 1.807) is 0 Å². The van der Waals surface area contributed by atoms with Gasteiger partial charge >= 0.3 is 0 Å². The van der Waals surface area contributed by atoms with E-state index in [0.29, 0.717) is 17.9 Å². The number of amides is 1. The third kappa shape index (κ3) is 5.03. The molecular formula is C27H29N5O2S. The molecular weight excluding hydrogens is 458 g/mol. The topological polar surface area (TPSA) is 81.8 Å². The normalized spacial score (nSPS) is 14.3. The van der Waals surface area contributed by atoms with Gasteiger partial charge in [-0.2, -0.15) is 4.68 Å². The van der Waals surface area contributed by atoms with Crippen LogP contribution in [-0.4, -0.2) is 37.5 Å². The van der Waals surface area contributed by atoms with E-state index in [9.17, 15) is 9.59 Å². The molecule has 0 saturated heterocycles. The summed E-state index contributed by atoms with van der Waals surface area (Å²) in [5, 5.41) is 8.37. The Labute approximate surface area is 208 Å². The maximum absolute atomic E-state index is 13.3. The highest BCUT2D eigenvalue weighted by Gasteiger charge is 2.27. The molecule has 0 fully saturated rings. The molecule has 0 bridgehead atoms. The van der Waals surface area contributed by atoms with Crippen LogP contribution >= 0.6 is 11.8 Å². The Kier molecular flexibility index (Phi) is 6.99. The van der Waals surface area contributed by atoms with Crippen molar-refractivity contribution in [2.75, 3.05) is 12.3 Å². The zero-order chi connectivity index (χ0) is 24.2. The second kappa shape index (κ2) is 10.5. The third-order valence-corrected chi connectivity index (χ3v) is 7.45. The van der Waals surface area contributed by atoms with Gasteiger partial charge in [-0.3, -0.25) is 9.59 Å². The molecule has 0 aromatic heterocycles. The first-order chi connectivity index (χ1) is 17.1. The summed E-state index contributed by atoms with van der Waals surface area (Å²) in [7, 11) is 0. The van der Waals surface area contributed by atoms with E-state index in [0.717, 1.165) is 48.8 Å². The van der Waals surface area contributed by atoms with Crippen molar-refractivity contribution in [1.29, 1.82) is 0 Å². The van der Waals surface area contributed by atoms with Gasteiger partial charge < -0.3 is 9.88 Å². The van der Waals surface area contributed by atoms with Gasteiger partial charge in [-0.25, -0.2) is 4.98 Å². The quantitative estimate of drug-likeness (QED) is 0.311. The van der Waals surface area contributed by atoms with Crippen LogP contribution in [0, 0.1) is 0 Å². The number of nitrogens with one attached hydrogen (secondary N) is 1. The minimum atomic E-state index is -0.131. The maximum Gasteiger partial charge on any atom is 0.284 e. The van der Waals surface area contributed by atoms with Crippen LogP contribution < -0.4 is 10.9 Å². The lowest BCUT2D eigenvalue weighted by Crippen LogP contribution is -2.29. The fourth-order valence-electron chi connectivity index (χ4n) is 4.56. The fraction of sp³-hybridized carbons (Fsp3) is 0.333. The molecule has 0 saturated carbocycles. The van der Waals surface area contributed by atoms with E-state index in [4.69, 9.17) is 4.98 Å². The lowest BCUT2D eigenvalue weighted by molar-refractivity contribution is -0.118. The van der Waals surface area contributed by atoms with Crippen molar-refractivity contribution >= 4 is 17.7 Å². The number of fused-ring (bicyclic) bond motifs is 3. The molecule has 1 unspecified atom stereocenters. The highest BCUT2D eigenvalue weighted by Crippen LogP contribution is 2.30. The molecule has 5 rings (SSSR count). The Morgan fingerprint density at radius 2 is 1.80 bits per heavy atom. The Morgan fingerprint density at radius 1 is 1.06 bits per heavy atom. The molecule has 3 aliphatic rings. The molecule has 0 spiro atoms. The molecule has 3 aliphatic heterocycles. The van der Waals surface area contributed by atoms with Crippen molar-refractivity contribution in [3.8, 4) is 17.1 Å². The molecule has 2 aromatic rings. The van der Waals surface area contributed by atoms with Crippen LogP contribution in [0.1, 0.15) is 43.4 Å². The molecule has 1 amide bonds. The number of hydrogen-bond acceptors (Lipinski definition) is 5. The Bertz CT molecular complexity index is 1330. The smallest absolute Gasteiger partial charge is 0.284 e. The number of hydrogen-bond donors (Lipinski definition) is 1. The average molecular weight is 488 g/mol. The summed E-state index contributed by atoms with van der Waals surface area (Å²) in [4.78, 5) is 30.8. The summed E-state index contributed by atoms with van der Waals surface area (Å²) in [6.07, 6.45) is 3.96. The molecule has 180 valence electrons. The van der Waals surface area contributed by atoms with Crippen LogP contribution in [0.15, 0.2) is 70.6 Å². The number of benzene rings is 2. The molecule has 35 heavy (non-hydrogen) atoms. The van der Waals surface area contributed by atoms with Gasteiger partial charge in [0.25, 0.3) is 5.56 Å². The van der Waals surface area contributed by atoms with Crippen molar-refractivity contribution in [3.05, 3.63) is 82.3 Å². The molecule has 1 atom stereocenters. The molecule has 7 nitrogen and oxygen atoms in total. The van der Waals surface area contributed by atoms with E-state index >= 15 is 0 Å². The second-order valence-electron chi connectivity index (χ2n) is 8.96. The SMILES string of the molecule is CC(CNC(=O)CSc1nc2nn(-c3ccccc3)c(=O)c-2c2n1CCCCC2)c1ccccc1. The Hall–Kier alpha value is -3.39. The maximum atomic E-state index is 13.3. The molecule has 2 aromatic carbocycles. The van der Waals surface area contributed by atoms with Gasteiger partial charge in [0.2, 0.25) is 5.91 Å². The zero-order valence-corrected chi connectivity index (χ0v) is 20.6. The summed E-state index contributed by atoms with van der Waals surface area (Å²) in [5.74, 6) is 0.931. The van der Waals surface area contributed by atoms with Crippen LogP contribution in [0.4, 0.5) is 0 Å². The zero-order valence-electron chi connectivity index (χ0n) is 19.8. The summed E-state index contributed by atoms with van der Waals surface area (Å²) < 4.78 is 3.58. The lowest BCUT2D eigenvalue weighted by Gasteiger charge is -2.18. The van der Waals surface area contributed by atoms with Gasteiger partial charge in [-0.05, 0) is 42.9 Å². The monoisotopic (exact) mass is 487 g/mol. The molecule has 0 aliphatic carbocycles. The largest absolute Gasteiger partial charge is 0.355 e. The minimum Gasteiger partial charge on any atom is -0.355 e. The van der Waals surface area contributed by atoms with Gasteiger partial charge in [-0.1, -0.05) is 73.6 Å². The predicted molar refractivity (Wildman–Crippen MR) is 138 cm³/mol. The first-order valence-corrected chi connectivity index (χ1v) is 13.1. The van der Waals surface area contributed by atoms with Gasteiger partial charge in [0, 0.05) is 18.8 Å². The highest BCUT2D eigenvalue weighted by atomic mass is 32.2. The van der Waals surface area contributed by atoms with Crippen molar-refractivity contribution in [2.45, 2.75) is 50.2 Å². The summed E-state index contributed by atoms with van der Waals surface area (Å²) in [5.41, 5.74) is 3.38. The van der Waals surface area contributed by atoms with Gasteiger partial charge in [0.05, 0.1) is 11.4 Å². The van der Waals surface area contributed by atoms with Crippen molar-refractivity contribution < 1.29 is 4.79 Å². The summed E-state index contributed by atoms with van der Waals surface area (Å²) in [6, 6.07) is 19.6. The van der Waals surface area contributed by atoms with Crippen LogP contribution in [0.5, 0.6) is 0 Å². The summed E-state index contributed by atoms with van der Waals surface area (Å²) in [6.45, 7) is 3.49. The number of thioether (sulfide) groups is 1.